The molecular formula is C30H20ClNO. The molecule has 3 heteroatoms. The van der Waals surface area contributed by atoms with Crippen molar-refractivity contribution in [1.82, 2.24) is 0 Å². The van der Waals surface area contributed by atoms with Gasteiger partial charge in [0.1, 0.15) is 5.58 Å². The van der Waals surface area contributed by atoms with Crippen LogP contribution in [-0.2, 0) is 0 Å². The predicted octanol–water partition coefficient (Wildman–Crippen LogP) is 9.38. The fourth-order valence-corrected chi connectivity index (χ4v) is 4.65. The number of benzene rings is 5. The molecule has 1 aromatic heterocycles. The Hall–Kier alpha value is -4.01. The molecule has 0 atom stereocenters. The van der Waals surface area contributed by atoms with E-state index < -0.39 is 0 Å². The third-order valence-electron chi connectivity index (χ3n) is 5.92. The van der Waals surface area contributed by atoms with Crippen LogP contribution < -0.4 is 4.90 Å². The van der Waals surface area contributed by atoms with E-state index in [0.717, 1.165) is 50.1 Å². The van der Waals surface area contributed by atoms with Crippen LogP contribution in [0.1, 0.15) is 0 Å². The molecule has 0 fully saturated rings. The number of hydrogen-bond donors (Lipinski definition) is 0. The Morgan fingerprint density at radius 3 is 2.15 bits per heavy atom. The summed E-state index contributed by atoms with van der Waals surface area (Å²) in [6.45, 7) is 0. The van der Waals surface area contributed by atoms with Gasteiger partial charge in [-0.3, -0.25) is 0 Å². The third kappa shape index (κ3) is 3.45. The van der Waals surface area contributed by atoms with E-state index in [4.69, 9.17) is 16.0 Å². The van der Waals surface area contributed by atoms with Gasteiger partial charge in [0, 0.05) is 27.0 Å². The molecular weight excluding hydrogens is 426 g/mol. The lowest BCUT2D eigenvalue weighted by Gasteiger charge is -2.28. The summed E-state index contributed by atoms with van der Waals surface area (Å²) >= 11 is 6.45. The van der Waals surface area contributed by atoms with Crippen LogP contribution in [0.5, 0.6) is 0 Å². The molecule has 0 amide bonds. The van der Waals surface area contributed by atoms with Crippen molar-refractivity contribution < 1.29 is 4.42 Å². The van der Waals surface area contributed by atoms with E-state index in [2.05, 4.69) is 83.8 Å². The first-order valence-corrected chi connectivity index (χ1v) is 11.3. The van der Waals surface area contributed by atoms with Gasteiger partial charge in [-0.2, -0.15) is 0 Å². The van der Waals surface area contributed by atoms with Crippen molar-refractivity contribution in [2.24, 2.45) is 0 Å². The summed E-state index contributed by atoms with van der Waals surface area (Å²) in [5.41, 5.74) is 7.00. The lowest BCUT2D eigenvalue weighted by Crippen LogP contribution is -2.11. The first kappa shape index (κ1) is 19.7. The van der Waals surface area contributed by atoms with E-state index in [1.165, 1.54) is 0 Å². The summed E-state index contributed by atoms with van der Waals surface area (Å²) in [4.78, 5) is 2.24. The average Bonchev–Trinajstić information content (AvgIpc) is 3.25. The first-order chi connectivity index (χ1) is 16.3. The van der Waals surface area contributed by atoms with E-state index >= 15 is 0 Å². The molecule has 0 aliphatic carbocycles. The molecule has 1 heterocycles. The highest BCUT2D eigenvalue weighted by Gasteiger charge is 2.21. The fraction of sp³-hybridized carbons (Fsp3) is 0. The van der Waals surface area contributed by atoms with E-state index in [1.54, 1.807) is 0 Å². The summed E-state index contributed by atoms with van der Waals surface area (Å²) in [5.74, 6) is 0. The maximum absolute atomic E-state index is 6.45. The zero-order valence-electron chi connectivity index (χ0n) is 17.8. The van der Waals surface area contributed by atoms with Gasteiger partial charge in [-0.05, 0) is 42.0 Å². The second kappa shape index (κ2) is 8.16. The molecule has 158 valence electrons. The monoisotopic (exact) mass is 445 g/mol. The van der Waals surface area contributed by atoms with Gasteiger partial charge < -0.3 is 9.32 Å². The quantitative estimate of drug-likeness (QED) is 0.268. The van der Waals surface area contributed by atoms with E-state index in [1.807, 2.05) is 42.5 Å². The molecule has 0 bridgehead atoms. The van der Waals surface area contributed by atoms with Gasteiger partial charge in [0.25, 0.3) is 0 Å². The summed E-state index contributed by atoms with van der Waals surface area (Å²) in [7, 11) is 0. The van der Waals surface area contributed by atoms with Gasteiger partial charge in [0.15, 0.2) is 5.58 Å². The Kier molecular flexibility index (Phi) is 4.86. The van der Waals surface area contributed by atoms with Crippen molar-refractivity contribution >= 4 is 50.6 Å². The SMILES string of the molecule is Clc1cccc(N(c2ccccc2-c2ccccc2)c2cccc3c2oc2ccccc23)c1. The van der Waals surface area contributed by atoms with Crippen LogP contribution in [0.2, 0.25) is 5.02 Å². The standard InChI is InChI=1S/C30H20ClNO/c31-22-12-8-13-23(20-22)32(27-17-6-4-14-24(27)21-10-2-1-3-11-21)28-18-9-16-26-25-15-5-7-19-29(25)33-30(26)28/h1-20H. The Balaban J connectivity index is 1.67. The minimum absolute atomic E-state index is 0.687. The van der Waals surface area contributed by atoms with Crippen LogP contribution in [-0.4, -0.2) is 0 Å². The number of furan rings is 1. The highest BCUT2D eigenvalue weighted by molar-refractivity contribution is 6.31. The van der Waals surface area contributed by atoms with Crippen LogP contribution >= 0.6 is 11.6 Å². The second-order valence-electron chi connectivity index (χ2n) is 7.95. The maximum Gasteiger partial charge on any atom is 0.159 e. The molecule has 0 unspecified atom stereocenters. The minimum atomic E-state index is 0.687. The molecule has 0 saturated carbocycles. The Bertz CT molecular complexity index is 1590. The van der Waals surface area contributed by atoms with Crippen LogP contribution in [0, 0.1) is 0 Å². The lowest BCUT2D eigenvalue weighted by atomic mass is 10.0. The molecule has 0 radical (unpaired) electrons. The van der Waals surface area contributed by atoms with Crippen LogP contribution in [0.4, 0.5) is 17.1 Å². The summed E-state index contributed by atoms with van der Waals surface area (Å²) in [6.07, 6.45) is 0. The summed E-state index contributed by atoms with van der Waals surface area (Å²) in [5, 5.41) is 2.88. The van der Waals surface area contributed by atoms with Crippen LogP contribution in [0.25, 0.3) is 33.1 Å². The zero-order chi connectivity index (χ0) is 22.2. The van der Waals surface area contributed by atoms with Crippen molar-refractivity contribution in [3.05, 3.63) is 126 Å². The van der Waals surface area contributed by atoms with Crippen molar-refractivity contribution in [3.63, 3.8) is 0 Å². The molecule has 6 aromatic rings. The van der Waals surface area contributed by atoms with E-state index in [0.29, 0.717) is 5.02 Å². The lowest BCUT2D eigenvalue weighted by molar-refractivity contribution is 0.669. The number of fused-ring (bicyclic) bond motifs is 3. The van der Waals surface area contributed by atoms with Gasteiger partial charge in [-0.15, -0.1) is 0 Å². The average molecular weight is 446 g/mol. The topological polar surface area (TPSA) is 16.4 Å². The number of hydrogen-bond acceptors (Lipinski definition) is 2. The predicted molar refractivity (Wildman–Crippen MR) is 139 cm³/mol. The van der Waals surface area contributed by atoms with Crippen molar-refractivity contribution in [2.45, 2.75) is 0 Å². The summed E-state index contributed by atoms with van der Waals surface area (Å²) in [6, 6.07) is 41.3. The normalized spacial score (nSPS) is 11.2. The number of para-hydroxylation sites is 3. The van der Waals surface area contributed by atoms with Gasteiger partial charge in [0.2, 0.25) is 0 Å². The first-order valence-electron chi connectivity index (χ1n) is 10.9. The second-order valence-corrected chi connectivity index (χ2v) is 8.39. The number of rotatable bonds is 4. The van der Waals surface area contributed by atoms with Gasteiger partial charge in [-0.1, -0.05) is 96.5 Å². The largest absolute Gasteiger partial charge is 0.454 e. The fourth-order valence-electron chi connectivity index (χ4n) is 4.46. The number of anilines is 3. The molecule has 0 aliphatic rings. The molecule has 5 aromatic carbocycles. The van der Waals surface area contributed by atoms with Crippen molar-refractivity contribution in [3.8, 4) is 11.1 Å². The van der Waals surface area contributed by atoms with Crippen LogP contribution in [0.3, 0.4) is 0 Å². The Morgan fingerprint density at radius 1 is 0.576 bits per heavy atom. The van der Waals surface area contributed by atoms with E-state index in [9.17, 15) is 0 Å². The highest BCUT2D eigenvalue weighted by atomic mass is 35.5. The minimum Gasteiger partial charge on any atom is -0.454 e. The highest BCUT2D eigenvalue weighted by Crippen LogP contribution is 2.45. The number of halogens is 1. The molecule has 33 heavy (non-hydrogen) atoms. The molecule has 0 saturated heterocycles. The van der Waals surface area contributed by atoms with Crippen molar-refractivity contribution in [2.75, 3.05) is 4.90 Å². The molecule has 6 rings (SSSR count). The Labute approximate surface area is 197 Å². The molecule has 2 nitrogen and oxygen atoms in total. The van der Waals surface area contributed by atoms with Gasteiger partial charge >= 0.3 is 0 Å². The van der Waals surface area contributed by atoms with Gasteiger partial charge in [0.05, 0.1) is 11.4 Å². The van der Waals surface area contributed by atoms with Crippen molar-refractivity contribution in [1.29, 1.82) is 0 Å². The molecule has 0 aliphatic heterocycles. The Morgan fingerprint density at radius 2 is 1.27 bits per heavy atom. The molecule has 0 N–H and O–H groups in total. The number of nitrogens with zero attached hydrogens (tertiary/aromatic N) is 1. The maximum atomic E-state index is 6.45. The third-order valence-corrected chi connectivity index (χ3v) is 6.16. The molecule has 0 spiro atoms. The zero-order valence-corrected chi connectivity index (χ0v) is 18.5. The van der Waals surface area contributed by atoms with Gasteiger partial charge in [-0.25, -0.2) is 0 Å². The summed E-state index contributed by atoms with van der Waals surface area (Å²) < 4.78 is 6.41. The van der Waals surface area contributed by atoms with Crippen LogP contribution in [0.15, 0.2) is 126 Å². The smallest absolute Gasteiger partial charge is 0.159 e. The van der Waals surface area contributed by atoms with E-state index in [-0.39, 0.29) is 0 Å².